The van der Waals surface area contributed by atoms with Crippen LogP contribution in [0, 0.1) is 5.92 Å². The van der Waals surface area contributed by atoms with Crippen molar-refractivity contribution in [1.29, 1.82) is 0 Å². The minimum Gasteiger partial charge on any atom is -0.387 e. The lowest BCUT2D eigenvalue weighted by Gasteiger charge is -2.13. The molecule has 3 atom stereocenters. The third-order valence-corrected chi connectivity index (χ3v) is 4.41. The molecular weight excluding hydrogens is 236 g/mol. The van der Waals surface area contributed by atoms with E-state index in [1.165, 1.54) is 18.4 Å². The molecule has 0 spiro atoms. The molecule has 3 nitrogen and oxygen atoms in total. The SMILES string of the molecule is OC(c1cncn1C1CC1)C1CC1c1ccccc1. The highest BCUT2D eigenvalue weighted by Gasteiger charge is 2.45. The summed E-state index contributed by atoms with van der Waals surface area (Å²) < 4.78 is 2.17. The molecule has 1 heterocycles. The molecule has 4 rings (SSSR count). The van der Waals surface area contributed by atoms with Crippen LogP contribution in [0.15, 0.2) is 42.9 Å². The molecule has 1 aromatic heterocycles. The van der Waals surface area contributed by atoms with E-state index in [9.17, 15) is 5.11 Å². The Kier molecular flexibility index (Phi) is 2.49. The van der Waals surface area contributed by atoms with Gasteiger partial charge in [-0.25, -0.2) is 4.98 Å². The van der Waals surface area contributed by atoms with E-state index in [0.29, 0.717) is 17.9 Å². The highest BCUT2D eigenvalue weighted by molar-refractivity contribution is 5.28. The molecule has 98 valence electrons. The van der Waals surface area contributed by atoms with Crippen LogP contribution in [0.5, 0.6) is 0 Å². The summed E-state index contributed by atoms with van der Waals surface area (Å²) in [5, 5.41) is 10.6. The molecule has 0 radical (unpaired) electrons. The van der Waals surface area contributed by atoms with Gasteiger partial charge in [0.15, 0.2) is 0 Å². The summed E-state index contributed by atoms with van der Waals surface area (Å²) in [7, 11) is 0. The second-order valence-electron chi connectivity index (χ2n) is 5.82. The van der Waals surface area contributed by atoms with Crippen molar-refractivity contribution in [3.63, 3.8) is 0 Å². The van der Waals surface area contributed by atoms with Crippen LogP contribution in [0.25, 0.3) is 0 Å². The van der Waals surface area contributed by atoms with Gasteiger partial charge in [-0.2, -0.15) is 0 Å². The lowest BCUT2D eigenvalue weighted by atomic mass is 10.1. The predicted molar refractivity (Wildman–Crippen MR) is 72.7 cm³/mol. The van der Waals surface area contributed by atoms with Crippen LogP contribution >= 0.6 is 0 Å². The van der Waals surface area contributed by atoms with Crippen LogP contribution in [0.3, 0.4) is 0 Å². The normalized spacial score (nSPS) is 27.2. The number of hydrogen-bond acceptors (Lipinski definition) is 2. The number of nitrogens with zero attached hydrogens (tertiary/aromatic N) is 2. The van der Waals surface area contributed by atoms with Gasteiger partial charge in [-0.3, -0.25) is 0 Å². The molecule has 0 amide bonds. The minimum atomic E-state index is -0.367. The molecule has 1 aromatic carbocycles. The van der Waals surface area contributed by atoms with E-state index in [0.717, 1.165) is 12.1 Å². The van der Waals surface area contributed by atoms with Crippen LogP contribution in [0.4, 0.5) is 0 Å². The highest BCUT2D eigenvalue weighted by Crippen LogP contribution is 2.54. The zero-order valence-electron chi connectivity index (χ0n) is 10.8. The lowest BCUT2D eigenvalue weighted by Crippen LogP contribution is -2.08. The molecular formula is C16H18N2O. The molecule has 2 aliphatic rings. The Morgan fingerprint density at radius 3 is 2.74 bits per heavy atom. The maximum absolute atomic E-state index is 10.6. The number of aliphatic hydroxyl groups excluding tert-OH is 1. The van der Waals surface area contributed by atoms with Gasteiger partial charge in [0.05, 0.1) is 24.3 Å². The summed E-state index contributed by atoms with van der Waals surface area (Å²) in [6, 6.07) is 11.1. The van der Waals surface area contributed by atoms with E-state index in [4.69, 9.17) is 0 Å². The number of benzene rings is 1. The topological polar surface area (TPSA) is 38.1 Å². The standard InChI is InChI=1S/C16H18N2O/c19-16(15-9-17-10-18(15)12-6-7-12)14-8-13(14)11-4-2-1-3-5-11/h1-5,9-10,12-14,16,19H,6-8H2. The molecule has 19 heavy (non-hydrogen) atoms. The first-order chi connectivity index (χ1) is 9.34. The van der Waals surface area contributed by atoms with E-state index in [2.05, 4.69) is 33.8 Å². The molecule has 2 fully saturated rings. The Morgan fingerprint density at radius 1 is 1.21 bits per heavy atom. The van der Waals surface area contributed by atoms with Gasteiger partial charge in [-0.15, -0.1) is 0 Å². The monoisotopic (exact) mass is 254 g/mol. The van der Waals surface area contributed by atoms with Gasteiger partial charge in [0, 0.05) is 6.04 Å². The molecule has 3 unspecified atom stereocenters. The third kappa shape index (κ3) is 1.98. The van der Waals surface area contributed by atoms with Crippen molar-refractivity contribution >= 4 is 0 Å². The summed E-state index contributed by atoms with van der Waals surface area (Å²) in [4.78, 5) is 4.22. The number of aliphatic hydroxyl groups is 1. The van der Waals surface area contributed by atoms with Gasteiger partial charge in [0.1, 0.15) is 0 Å². The van der Waals surface area contributed by atoms with E-state index < -0.39 is 0 Å². The predicted octanol–water partition coefficient (Wildman–Crippen LogP) is 3.06. The van der Waals surface area contributed by atoms with Gasteiger partial charge in [-0.05, 0) is 36.7 Å². The fourth-order valence-electron chi connectivity index (χ4n) is 3.07. The fourth-order valence-corrected chi connectivity index (χ4v) is 3.07. The first-order valence-electron chi connectivity index (χ1n) is 7.09. The quantitative estimate of drug-likeness (QED) is 0.910. The summed E-state index contributed by atoms with van der Waals surface area (Å²) in [6.45, 7) is 0. The van der Waals surface area contributed by atoms with E-state index in [-0.39, 0.29) is 6.10 Å². The fraction of sp³-hybridized carbons (Fsp3) is 0.438. The van der Waals surface area contributed by atoms with Crippen molar-refractivity contribution < 1.29 is 5.11 Å². The number of rotatable bonds is 4. The van der Waals surface area contributed by atoms with Crippen molar-refractivity contribution in [2.75, 3.05) is 0 Å². The Hall–Kier alpha value is -1.61. The zero-order chi connectivity index (χ0) is 12.8. The molecule has 2 aliphatic carbocycles. The van der Waals surface area contributed by atoms with Crippen molar-refractivity contribution in [3.05, 3.63) is 54.1 Å². The smallest absolute Gasteiger partial charge is 0.0990 e. The number of imidazole rings is 1. The van der Waals surface area contributed by atoms with Crippen LogP contribution < -0.4 is 0 Å². The van der Waals surface area contributed by atoms with Crippen LogP contribution in [-0.2, 0) is 0 Å². The lowest BCUT2D eigenvalue weighted by molar-refractivity contribution is 0.142. The van der Waals surface area contributed by atoms with Crippen molar-refractivity contribution in [2.24, 2.45) is 5.92 Å². The summed E-state index contributed by atoms with van der Waals surface area (Å²) in [5.41, 5.74) is 2.36. The van der Waals surface area contributed by atoms with Crippen molar-refractivity contribution in [1.82, 2.24) is 9.55 Å². The zero-order valence-corrected chi connectivity index (χ0v) is 10.8. The number of aromatic nitrogens is 2. The average Bonchev–Trinajstić information content (AvgIpc) is 3.37. The van der Waals surface area contributed by atoms with E-state index in [1.54, 1.807) is 0 Å². The Morgan fingerprint density at radius 2 is 2.00 bits per heavy atom. The maximum atomic E-state index is 10.6. The third-order valence-electron chi connectivity index (χ3n) is 4.41. The largest absolute Gasteiger partial charge is 0.387 e. The van der Waals surface area contributed by atoms with Gasteiger partial charge >= 0.3 is 0 Å². The maximum Gasteiger partial charge on any atom is 0.0990 e. The summed E-state index contributed by atoms with van der Waals surface area (Å²) >= 11 is 0. The molecule has 0 saturated heterocycles. The van der Waals surface area contributed by atoms with Gasteiger partial charge in [0.25, 0.3) is 0 Å². The second kappa shape index (κ2) is 4.20. The molecule has 3 heteroatoms. The first-order valence-corrected chi connectivity index (χ1v) is 7.09. The average molecular weight is 254 g/mol. The summed E-state index contributed by atoms with van der Waals surface area (Å²) in [5.74, 6) is 0.871. The molecule has 0 aliphatic heterocycles. The minimum absolute atomic E-state index is 0.358. The Bertz CT molecular complexity index is 573. The van der Waals surface area contributed by atoms with Crippen LogP contribution in [0.1, 0.15) is 48.6 Å². The molecule has 0 bridgehead atoms. The molecule has 2 saturated carbocycles. The molecule has 1 N–H and O–H groups in total. The highest BCUT2D eigenvalue weighted by atomic mass is 16.3. The van der Waals surface area contributed by atoms with Crippen molar-refractivity contribution in [2.45, 2.75) is 37.3 Å². The summed E-state index contributed by atoms with van der Waals surface area (Å²) in [6.07, 6.45) is 6.87. The van der Waals surface area contributed by atoms with E-state index >= 15 is 0 Å². The molecule has 2 aromatic rings. The van der Waals surface area contributed by atoms with Gasteiger partial charge < -0.3 is 9.67 Å². The Labute approximate surface area is 112 Å². The first kappa shape index (κ1) is 11.2. The van der Waals surface area contributed by atoms with Gasteiger partial charge in [0.2, 0.25) is 0 Å². The Balaban J connectivity index is 1.53. The van der Waals surface area contributed by atoms with Crippen LogP contribution in [0.2, 0.25) is 0 Å². The second-order valence-corrected chi connectivity index (χ2v) is 5.82. The van der Waals surface area contributed by atoms with Gasteiger partial charge in [-0.1, -0.05) is 30.3 Å². The van der Waals surface area contributed by atoms with Crippen LogP contribution in [-0.4, -0.2) is 14.7 Å². The van der Waals surface area contributed by atoms with E-state index in [1.807, 2.05) is 18.6 Å². The number of hydrogen-bond donors (Lipinski definition) is 1. The van der Waals surface area contributed by atoms with Crippen molar-refractivity contribution in [3.8, 4) is 0 Å².